The summed E-state index contributed by atoms with van der Waals surface area (Å²) in [6.07, 6.45) is 4.04. The molecule has 11 nitrogen and oxygen atoms in total. The van der Waals surface area contributed by atoms with E-state index in [-0.39, 0.29) is 47.8 Å². The van der Waals surface area contributed by atoms with Crippen LogP contribution in [0.4, 0.5) is 0 Å². The van der Waals surface area contributed by atoms with Gasteiger partial charge >= 0.3 is 5.97 Å². The number of carboxylic acids is 1. The van der Waals surface area contributed by atoms with E-state index in [2.05, 4.69) is 27.5 Å². The molecular weight excluding hydrogens is 655 g/mol. The van der Waals surface area contributed by atoms with Crippen molar-refractivity contribution >= 4 is 35.0 Å². The fourth-order valence-corrected chi connectivity index (χ4v) is 7.19. The number of ether oxygens (including phenoxy) is 1. The quantitative estimate of drug-likeness (QED) is 0.135. The van der Waals surface area contributed by atoms with E-state index in [4.69, 9.17) is 4.74 Å². The third kappa shape index (κ3) is 11.9. The third-order valence-corrected chi connectivity index (χ3v) is 10.5. The van der Waals surface area contributed by atoms with Crippen molar-refractivity contribution in [2.24, 2.45) is 17.8 Å². The molecule has 1 saturated heterocycles. The Morgan fingerprint density at radius 1 is 1.10 bits per heavy atom. The number of rotatable bonds is 19. The van der Waals surface area contributed by atoms with Gasteiger partial charge in [-0.2, -0.15) is 0 Å². The number of aliphatic carboxylic acids is 1. The molecule has 0 bridgehead atoms. The molecule has 1 fully saturated rings. The topological polar surface area (TPSA) is 150 Å². The smallest absolute Gasteiger partial charge is 0.306 e. The number of likely N-dealkylation sites (N-methyl/N-ethyl adjacent to an activating group) is 1. The van der Waals surface area contributed by atoms with Crippen LogP contribution in [0.15, 0.2) is 48.0 Å². The Balaban J connectivity index is 1.80. The van der Waals surface area contributed by atoms with E-state index >= 15 is 0 Å². The summed E-state index contributed by atoms with van der Waals surface area (Å²) >= 11 is 1.29. The molecule has 1 aromatic carbocycles. The highest BCUT2D eigenvalue weighted by atomic mass is 32.1. The lowest BCUT2D eigenvalue weighted by molar-refractivity contribution is -0.141. The third-order valence-electron chi connectivity index (χ3n) is 9.57. The average Bonchev–Trinajstić information content (AvgIpc) is 3.59. The molecule has 0 unspecified atom stereocenters. The van der Waals surface area contributed by atoms with E-state index in [1.165, 1.54) is 11.3 Å². The maximum absolute atomic E-state index is 14.1. The molecule has 4 N–H and O–H groups in total. The van der Waals surface area contributed by atoms with Gasteiger partial charge in [-0.1, -0.05) is 84.4 Å². The summed E-state index contributed by atoms with van der Waals surface area (Å²) in [6, 6.07) is 7.96. The Bertz CT molecular complexity index is 1430. The first-order valence-corrected chi connectivity index (χ1v) is 18.7. The molecule has 3 amide bonds. The van der Waals surface area contributed by atoms with Gasteiger partial charge in [0.25, 0.3) is 5.91 Å². The SMILES string of the molecule is C=C(C)O[C@H](C[C@H](C(C)C)N(C)C(=O)[C@@H](NC(=O)[C@H]1CCCCN1)[C@@H](C)CC)c1nc(C(=O)N[C@@H](Cc2ccccc2)C[C@H](C)C(=O)O)cs1. The van der Waals surface area contributed by atoms with E-state index in [1.807, 2.05) is 58.0 Å². The minimum atomic E-state index is -0.921. The summed E-state index contributed by atoms with van der Waals surface area (Å²) in [7, 11) is 1.77. The highest BCUT2D eigenvalue weighted by Gasteiger charge is 2.36. The van der Waals surface area contributed by atoms with Crippen LogP contribution >= 0.6 is 11.3 Å². The molecule has 276 valence electrons. The first kappa shape index (κ1) is 40.7. The Kier molecular flexibility index (Phi) is 15.9. The lowest BCUT2D eigenvalue weighted by Crippen LogP contribution is -2.57. The van der Waals surface area contributed by atoms with Crippen LogP contribution in [0.5, 0.6) is 0 Å². The summed E-state index contributed by atoms with van der Waals surface area (Å²) < 4.78 is 6.19. The molecule has 0 radical (unpaired) electrons. The first-order chi connectivity index (χ1) is 23.7. The van der Waals surface area contributed by atoms with Gasteiger partial charge < -0.3 is 30.7 Å². The molecule has 7 atom stereocenters. The standard InChI is InChI=1S/C38H57N5O6S/c1-9-25(6)33(42-34(44)29-17-13-14-18-39-29)37(46)43(8)31(23(2)3)21-32(49-24(4)5)36-41-30(22-50-36)35(45)40-28(19-26(7)38(47)48)20-27-15-11-10-12-16-27/h10-12,15-16,22-23,25-26,28-29,31-33,39H,4,9,13-14,17-21H2,1-3,5-8H3,(H,40,45)(H,42,44)(H,47,48)/t25-,26-,28+,29+,31+,32+,33-/m0/s1. The number of nitrogens with one attached hydrogen (secondary N) is 3. The number of amides is 3. The Hall–Kier alpha value is -3.77. The second-order valence-electron chi connectivity index (χ2n) is 14.1. The molecule has 0 aliphatic carbocycles. The lowest BCUT2D eigenvalue weighted by Gasteiger charge is -2.37. The van der Waals surface area contributed by atoms with Crippen molar-refractivity contribution in [1.29, 1.82) is 0 Å². The van der Waals surface area contributed by atoms with Gasteiger partial charge in [-0.3, -0.25) is 19.2 Å². The van der Waals surface area contributed by atoms with Gasteiger partial charge in [0.15, 0.2) is 6.10 Å². The molecule has 2 aromatic rings. The highest BCUT2D eigenvalue weighted by Crippen LogP contribution is 2.32. The molecule has 0 spiro atoms. The number of nitrogens with zero attached hydrogens (tertiary/aromatic N) is 2. The minimum Gasteiger partial charge on any atom is -0.488 e. The predicted octanol–water partition coefficient (Wildman–Crippen LogP) is 5.73. The number of aromatic nitrogens is 1. The largest absolute Gasteiger partial charge is 0.488 e. The van der Waals surface area contributed by atoms with Crippen LogP contribution in [0.25, 0.3) is 0 Å². The summed E-state index contributed by atoms with van der Waals surface area (Å²) in [4.78, 5) is 58.9. The molecule has 12 heteroatoms. The van der Waals surface area contributed by atoms with Gasteiger partial charge in [0.05, 0.1) is 17.7 Å². The van der Waals surface area contributed by atoms with E-state index in [9.17, 15) is 24.3 Å². The van der Waals surface area contributed by atoms with E-state index < -0.39 is 36.0 Å². The number of carboxylic acid groups (broad SMARTS) is 1. The fourth-order valence-electron chi connectivity index (χ4n) is 6.35. The van der Waals surface area contributed by atoms with Gasteiger partial charge in [-0.25, -0.2) is 4.98 Å². The van der Waals surface area contributed by atoms with Gasteiger partial charge in [-0.05, 0) is 56.6 Å². The lowest BCUT2D eigenvalue weighted by atomic mass is 9.92. The van der Waals surface area contributed by atoms with Crippen molar-refractivity contribution in [3.05, 3.63) is 64.3 Å². The number of carbonyl (C=O) groups is 4. The first-order valence-electron chi connectivity index (χ1n) is 17.9. The Morgan fingerprint density at radius 3 is 2.38 bits per heavy atom. The summed E-state index contributed by atoms with van der Waals surface area (Å²) in [5.41, 5.74) is 1.20. The number of hydrogen-bond acceptors (Lipinski definition) is 8. The molecule has 1 aromatic heterocycles. The number of carbonyl (C=O) groups excluding carboxylic acids is 3. The van der Waals surface area contributed by atoms with Gasteiger partial charge in [0, 0.05) is 30.9 Å². The second-order valence-corrected chi connectivity index (χ2v) is 15.0. The minimum absolute atomic E-state index is 0.0335. The van der Waals surface area contributed by atoms with Gasteiger partial charge in [0.1, 0.15) is 16.7 Å². The van der Waals surface area contributed by atoms with Crippen LogP contribution in [0.1, 0.15) is 107 Å². The predicted molar refractivity (Wildman–Crippen MR) is 197 cm³/mol. The fraction of sp³-hybridized carbons (Fsp3) is 0.605. The average molecular weight is 712 g/mol. The highest BCUT2D eigenvalue weighted by molar-refractivity contribution is 7.09. The van der Waals surface area contributed by atoms with Crippen LogP contribution in [0.2, 0.25) is 0 Å². The molecule has 1 aliphatic heterocycles. The number of thiazole rings is 1. The Morgan fingerprint density at radius 2 is 1.80 bits per heavy atom. The molecule has 0 saturated carbocycles. The molecule has 1 aliphatic rings. The number of allylic oxidation sites excluding steroid dienone is 1. The van der Waals surface area contributed by atoms with Crippen molar-refractivity contribution in [2.75, 3.05) is 13.6 Å². The van der Waals surface area contributed by atoms with Crippen molar-refractivity contribution in [3.63, 3.8) is 0 Å². The molecule has 2 heterocycles. The summed E-state index contributed by atoms with van der Waals surface area (Å²) in [5, 5.41) is 21.1. The van der Waals surface area contributed by atoms with Gasteiger partial charge in [-0.15, -0.1) is 11.3 Å². The molecule has 3 rings (SSSR count). The van der Waals surface area contributed by atoms with Crippen LogP contribution in [0, 0.1) is 17.8 Å². The van der Waals surface area contributed by atoms with Gasteiger partial charge in [0.2, 0.25) is 11.8 Å². The maximum atomic E-state index is 14.1. The Labute approximate surface area is 301 Å². The number of benzene rings is 1. The second kappa shape index (κ2) is 19.6. The van der Waals surface area contributed by atoms with Crippen LogP contribution in [-0.4, -0.2) is 76.4 Å². The monoisotopic (exact) mass is 711 g/mol. The number of hydrogen-bond donors (Lipinski definition) is 4. The van der Waals surface area contributed by atoms with Crippen LogP contribution in [-0.2, 0) is 25.5 Å². The van der Waals surface area contributed by atoms with E-state index in [0.717, 1.165) is 37.8 Å². The normalized spacial score (nSPS) is 18.2. The maximum Gasteiger partial charge on any atom is 0.306 e. The molecule has 50 heavy (non-hydrogen) atoms. The molecular formula is C38H57N5O6S. The zero-order valence-corrected chi connectivity index (χ0v) is 31.6. The zero-order valence-electron chi connectivity index (χ0n) is 30.7. The summed E-state index contributed by atoms with van der Waals surface area (Å²) in [6.45, 7) is 16.2. The zero-order chi connectivity index (χ0) is 37.0. The van der Waals surface area contributed by atoms with Crippen molar-refractivity contribution in [2.45, 2.75) is 117 Å². The van der Waals surface area contributed by atoms with E-state index in [1.54, 1.807) is 31.2 Å². The van der Waals surface area contributed by atoms with E-state index in [0.29, 0.717) is 23.6 Å². The van der Waals surface area contributed by atoms with Crippen molar-refractivity contribution < 1.29 is 29.0 Å². The number of piperidine rings is 1. The summed E-state index contributed by atoms with van der Waals surface area (Å²) in [5.74, 6) is -1.82. The van der Waals surface area contributed by atoms with Crippen LogP contribution in [0.3, 0.4) is 0 Å². The van der Waals surface area contributed by atoms with Crippen LogP contribution < -0.4 is 16.0 Å². The van der Waals surface area contributed by atoms with Crippen molar-refractivity contribution in [1.82, 2.24) is 25.8 Å². The van der Waals surface area contributed by atoms with Crippen molar-refractivity contribution in [3.8, 4) is 0 Å².